The minimum atomic E-state index is 0.334. The molecule has 102 valence electrons. The number of pyridine rings is 1. The van der Waals surface area contributed by atoms with E-state index >= 15 is 0 Å². The SMILES string of the molecule is Nc1nccc(-c2cccc3c2oc2ccccc23)c1N. The summed E-state index contributed by atoms with van der Waals surface area (Å²) in [6.07, 6.45) is 1.66. The van der Waals surface area contributed by atoms with E-state index in [0.29, 0.717) is 11.5 Å². The van der Waals surface area contributed by atoms with Crippen molar-refractivity contribution in [3.8, 4) is 11.1 Å². The molecular formula is C17H13N3O. The number of anilines is 2. The van der Waals surface area contributed by atoms with Crippen LogP contribution >= 0.6 is 0 Å². The van der Waals surface area contributed by atoms with Gasteiger partial charge in [0.2, 0.25) is 0 Å². The Morgan fingerprint density at radius 1 is 0.810 bits per heavy atom. The topological polar surface area (TPSA) is 78.1 Å². The first-order valence-corrected chi connectivity index (χ1v) is 6.66. The third-order valence-electron chi connectivity index (χ3n) is 3.72. The molecule has 0 saturated heterocycles. The second-order valence-electron chi connectivity index (χ2n) is 4.94. The smallest absolute Gasteiger partial charge is 0.147 e. The van der Waals surface area contributed by atoms with Gasteiger partial charge in [-0.3, -0.25) is 0 Å². The highest BCUT2D eigenvalue weighted by Gasteiger charge is 2.14. The lowest BCUT2D eigenvalue weighted by Gasteiger charge is -2.07. The van der Waals surface area contributed by atoms with Crippen LogP contribution in [0.4, 0.5) is 11.5 Å². The summed E-state index contributed by atoms with van der Waals surface area (Å²) < 4.78 is 6.02. The van der Waals surface area contributed by atoms with Gasteiger partial charge in [0, 0.05) is 28.1 Å². The Labute approximate surface area is 121 Å². The van der Waals surface area contributed by atoms with Crippen molar-refractivity contribution in [1.29, 1.82) is 0 Å². The lowest BCUT2D eigenvalue weighted by Crippen LogP contribution is -1.99. The highest BCUT2D eigenvalue weighted by atomic mass is 16.3. The normalized spacial score (nSPS) is 11.2. The lowest BCUT2D eigenvalue weighted by atomic mass is 10.0. The number of nitrogens with zero attached hydrogens (tertiary/aromatic N) is 1. The number of aromatic nitrogens is 1. The first-order valence-electron chi connectivity index (χ1n) is 6.66. The van der Waals surface area contributed by atoms with E-state index < -0.39 is 0 Å². The monoisotopic (exact) mass is 275 g/mol. The Balaban J connectivity index is 2.12. The third-order valence-corrected chi connectivity index (χ3v) is 3.72. The Kier molecular flexibility index (Phi) is 2.38. The summed E-state index contributed by atoms with van der Waals surface area (Å²) >= 11 is 0. The summed E-state index contributed by atoms with van der Waals surface area (Å²) in [7, 11) is 0. The van der Waals surface area contributed by atoms with Gasteiger partial charge in [-0.1, -0.05) is 36.4 Å². The predicted octanol–water partition coefficient (Wildman–Crippen LogP) is 3.81. The maximum atomic E-state index is 6.07. The molecule has 0 unspecified atom stereocenters. The predicted molar refractivity (Wildman–Crippen MR) is 85.8 cm³/mol. The summed E-state index contributed by atoms with van der Waals surface area (Å²) in [5.41, 5.74) is 15.8. The maximum absolute atomic E-state index is 6.07. The van der Waals surface area contributed by atoms with Crippen LogP contribution in [0.1, 0.15) is 0 Å². The third kappa shape index (κ3) is 1.66. The van der Waals surface area contributed by atoms with Crippen LogP contribution in [0, 0.1) is 0 Å². The van der Waals surface area contributed by atoms with E-state index in [9.17, 15) is 0 Å². The van der Waals surface area contributed by atoms with Gasteiger partial charge in [-0.05, 0) is 12.1 Å². The molecule has 2 aromatic heterocycles. The molecule has 0 aliphatic carbocycles. The standard InChI is InChI=1S/C17H13N3O/c18-15-11(8-9-20-17(15)19)13-6-3-5-12-10-4-1-2-7-14(10)21-16(12)13/h1-9H,18H2,(H2,19,20). The van der Waals surface area contributed by atoms with E-state index in [0.717, 1.165) is 33.1 Å². The van der Waals surface area contributed by atoms with Crippen LogP contribution in [0.5, 0.6) is 0 Å². The average molecular weight is 275 g/mol. The van der Waals surface area contributed by atoms with Gasteiger partial charge >= 0.3 is 0 Å². The number of nitrogens with two attached hydrogens (primary N) is 2. The molecule has 0 radical (unpaired) electrons. The Morgan fingerprint density at radius 2 is 1.62 bits per heavy atom. The van der Waals surface area contributed by atoms with Crippen molar-refractivity contribution >= 4 is 33.4 Å². The van der Waals surface area contributed by atoms with Crippen molar-refractivity contribution in [3.05, 3.63) is 54.7 Å². The van der Waals surface area contributed by atoms with Crippen LogP contribution in [0.2, 0.25) is 0 Å². The number of fused-ring (bicyclic) bond motifs is 3. The Hall–Kier alpha value is -3.01. The van der Waals surface area contributed by atoms with Crippen molar-refractivity contribution in [3.63, 3.8) is 0 Å². The molecule has 2 heterocycles. The number of hydrogen-bond acceptors (Lipinski definition) is 4. The largest absolute Gasteiger partial charge is 0.455 e. The molecule has 0 fully saturated rings. The summed E-state index contributed by atoms with van der Waals surface area (Å²) in [6.45, 7) is 0. The molecule has 0 bridgehead atoms. The molecule has 4 nitrogen and oxygen atoms in total. The number of rotatable bonds is 1. The van der Waals surface area contributed by atoms with Crippen LogP contribution in [0.3, 0.4) is 0 Å². The van der Waals surface area contributed by atoms with Gasteiger partial charge in [0.05, 0.1) is 5.69 Å². The zero-order valence-electron chi connectivity index (χ0n) is 11.2. The number of para-hydroxylation sites is 2. The zero-order valence-corrected chi connectivity index (χ0v) is 11.2. The minimum absolute atomic E-state index is 0.334. The van der Waals surface area contributed by atoms with E-state index in [1.807, 2.05) is 42.5 Å². The minimum Gasteiger partial charge on any atom is -0.455 e. The second kappa shape index (κ2) is 4.24. The fraction of sp³-hybridized carbons (Fsp3) is 0. The highest BCUT2D eigenvalue weighted by molar-refractivity contribution is 6.10. The van der Waals surface area contributed by atoms with Crippen LogP contribution in [-0.2, 0) is 0 Å². The quantitative estimate of drug-likeness (QED) is 0.553. The summed E-state index contributed by atoms with van der Waals surface area (Å²) in [5.74, 6) is 0.334. The van der Waals surface area contributed by atoms with Gasteiger partial charge in [0.15, 0.2) is 0 Å². The van der Waals surface area contributed by atoms with Crippen molar-refractivity contribution < 1.29 is 4.42 Å². The van der Waals surface area contributed by atoms with Crippen molar-refractivity contribution in [2.24, 2.45) is 0 Å². The Morgan fingerprint density at radius 3 is 2.52 bits per heavy atom. The van der Waals surface area contributed by atoms with Crippen molar-refractivity contribution in [2.75, 3.05) is 11.5 Å². The number of hydrogen-bond donors (Lipinski definition) is 2. The van der Waals surface area contributed by atoms with Crippen molar-refractivity contribution in [1.82, 2.24) is 4.98 Å². The molecule has 4 N–H and O–H groups in total. The summed E-state index contributed by atoms with van der Waals surface area (Å²) in [5, 5.41) is 2.16. The molecule has 4 rings (SSSR count). The molecule has 0 atom stereocenters. The zero-order chi connectivity index (χ0) is 14.4. The van der Waals surface area contributed by atoms with Gasteiger partial charge in [-0.2, -0.15) is 0 Å². The van der Waals surface area contributed by atoms with E-state index in [1.54, 1.807) is 6.20 Å². The molecule has 0 aliphatic heterocycles. The molecule has 21 heavy (non-hydrogen) atoms. The van der Waals surface area contributed by atoms with Gasteiger partial charge in [-0.25, -0.2) is 4.98 Å². The van der Waals surface area contributed by atoms with Crippen LogP contribution in [-0.4, -0.2) is 4.98 Å². The van der Waals surface area contributed by atoms with E-state index in [1.165, 1.54) is 0 Å². The van der Waals surface area contributed by atoms with Gasteiger partial charge in [-0.15, -0.1) is 0 Å². The van der Waals surface area contributed by atoms with Crippen LogP contribution < -0.4 is 11.5 Å². The molecule has 0 saturated carbocycles. The van der Waals surface area contributed by atoms with Gasteiger partial charge in [0.25, 0.3) is 0 Å². The van der Waals surface area contributed by atoms with Gasteiger partial charge in [0.1, 0.15) is 17.0 Å². The fourth-order valence-electron chi connectivity index (χ4n) is 2.68. The first kappa shape index (κ1) is 11.8. The maximum Gasteiger partial charge on any atom is 0.147 e. The fourth-order valence-corrected chi connectivity index (χ4v) is 2.68. The number of furan rings is 1. The molecule has 4 aromatic rings. The summed E-state index contributed by atoms with van der Waals surface area (Å²) in [6, 6.07) is 15.9. The number of nitrogen functional groups attached to an aromatic ring is 2. The highest BCUT2D eigenvalue weighted by Crippen LogP contribution is 2.38. The van der Waals surface area contributed by atoms with E-state index in [2.05, 4.69) is 11.1 Å². The average Bonchev–Trinajstić information content (AvgIpc) is 2.89. The molecule has 0 amide bonds. The molecular weight excluding hydrogens is 262 g/mol. The molecule has 4 heteroatoms. The molecule has 0 spiro atoms. The molecule has 2 aromatic carbocycles. The van der Waals surface area contributed by atoms with E-state index in [4.69, 9.17) is 15.9 Å². The molecule has 0 aliphatic rings. The van der Waals surface area contributed by atoms with Crippen LogP contribution in [0.15, 0.2) is 59.1 Å². The van der Waals surface area contributed by atoms with Gasteiger partial charge < -0.3 is 15.9 Å². The first-order chi connectivity index (χ1) is 10.3. The lowest BCUT2D eigenvalue weighted by molar-refractivity contribution is 0.670. The van der Waals surface area contributed by atoms with Crippen LogP contribution in [0.25, 0.3) is 33.1 Å². The summed E-state index contributed by atoms with van der Waals surface area (Å²) in [4.78, 5) is 4.01. The second-order valence-corrected chi connectivity index (χ2v) is 4.94. The van der Waals surface area contributed by atoms with E-state index in [-0.39, 0.29) is 0 Å². The Bertz CT molecular complexity index is 972. The number of benzene rings is 2. The van der Waals surface area contributed by atoms with Crippen molar-refractivity contribution in [2.45, 2.75) is 0 Å².